The highest BCUT2D eigenvalue weighted by Gasteiger charge is 2.16. The Bertz CT molecular complexity index is 1310. The predicted octanol–water partition coefficient (Wildman–Crippen LogP) is 5.36. The molecule has 0 saturated heterocycles. The van der Waals surface area contributed by atoms with E-state index >= 15 is 0 Å². The molecule has 0 aliphatic carbocycles. The molecule has 0 aliphatic rings. The van der Waals surface area contributed by atoms with Crippen molar-refractivity contribution < 1.29 is 4.74 Å². The summed E-state index contributed by atoms with van der Waals surface area (Å²) in [6.45, 7) is 0.613. The monoisotopic (exact) mass is 400 g/mol. The van der Waals surface area contributed by atoms with Crippen LogP contribution in [-0.4, -0.2) is 26.6 Å². The average molecular weight is 401 g/mol. The number of halogens is 1. The molecule has 0 spiro atoms. The predicted molar refractivity (Wildman–Crippen MR) is 115 cm³/mol. The molecular weight excluding hydrogens is 384 g/mol. The number of rotatable bonds is 4. The fourth-order valence-electron chi connectivity index (χ4n) is 3.38. The van der Waals surface area contributed by atoms with Crippen LogP contribution in [0, 0.1) is 0 Å². The van der Waals surface area contributed by atoms with Crippen molar-refractivity contribution in [2.75, 3.05) is 7.11 Å². The zero-order chi connectivity index (χ0) is 19.8. The van der Waals surface area contributed by atoms with Crippen molar-refractivity contribution in [2.24, 2.45) is 0 Å². The van der Waals surface area contributed by atoms with Gasteiger partial charge in [-0.25, -0.2) is 15.0 Å². The molecule has 142 valence electrons. The van der Waals surface area contributed by atoms with Gasteiger partial charge in [0.05, 0.1) is 24.7 Å². The molecule has 0 N–H and O–H groups in total. The van der Waals surface area contributed by atoms with Crippen LogP contribution in [-0.2, 0) is 6.54 Å². The summed E-state index contributed by atoms with van der Waals surface area (Å²) in [5.74, 6) is 1.61. The third-order valence-corrected chi connectivity index (χ3v) is 5.11. The molecule has 0 saturated carbocycles. The summed E-state index contributed by atoms with van der Waals surface area (Å²) in [4.78, 5) is 14.4. The molecule has 5 rings (SSSR count). The van der Waals surface area contributed by atoms with Crippen LogP contribution in [0.15, 0.2) is 72.8 Å². The van der Waals surface area contributed by atoms with E-state index in [9.17, 15) is 0 Å². The summed E-state index contributed by atoms with van der Waals surface area (Å²) < 4.78 is 7.39. The largest absolute Gasteiger partial charge is 0.497 e. The maximum atomic E-state index is 6.06. The third kappa shape index (κ3) is 3.30. The van der Waals surface area contributed by atoms with E-state index in [0.717, 1.165) is 39.4 Å². The Hall–Kier alpha value is -3.44. The molecule has 0 aliphatic heterocycles. The van der Waals surface area contributed by atoms with Crippen molar-refractivity contribution in [1.82, 2.24) is 19.5 Å². The van der Waals surface area contributed by atoms with E-state index in [0.29, 0.717) is 17.2 Å². The number of aromatic nitrogens is 4. The van der Waals surface area contributed by atoms with E-state index in [-0.39, 0.29) is 0 Å². The Labute approximate surface area is 172 Å². The van der Waals surface area contributed by atoms with Gasteiger partial charge in [-0.3, -0.25) is 0 Å². The van der Waals surface area contributed by atoms with Gasteiger partial charge in [0.1, 0.15) is 11.6 Å². The highest BCUT2D eigenvalue weighted by atomic mass is 35.5. The Balaban J connectivity index is 1.72. The number of para-hydroxylation sites is 2. The van der Waals surface area contributed by atoms with E-state index in [1.807, 2.05) is 72.8 Å². The third-order valence-electron chi connectivity index (χ3n) is 4.86. The maximum Gasteiger partial charge on any atom is 0.198 e. The standard InChI is InChI=1S/C23H17ClN4O/c1-29-18-12-8-16(9-13-18)22-27-21-23(26-20-5-3-2-4-19(20)25-21)28(22)14-15-6-10-17(24)11-7-15/h2-13H,14H2,1H3. The molecule has 2 heterocycles. The molecule has 5 aromatic rings. The first-order valence-corrected chi connectivity index (χ1v) is 9.61. The summed E-state index contributed by atoms with van der Waals surface area (Å²) >= 11 is 6.06. The van der Waals surface area contributed by atoms with Gasteiger partial charge in [-0.15, -0.1) is 0 Å². The Kier molecular flexibility index (Phi) is 4.37. The summed E-state index contributed by atoms with van der Waals surface area (Å²) in [6, 6.07) is 23.5. The number of nitrogens with zero attached hydrogens (tertiary/aromatic N) is 4. The average Bonchev–Trinajstić information content (AvgIpc) is 3.11. The van der Waals surface area contributed by atoms with Crippen LogP contribution in [0.25, 0.3) is 33.7 Å². The summed E-state index contributed by atoms with van der Waals surface area (Å²) in [6.07, 6.45) is 0. The zero-order valence-corrected chi connectivity index (χ0v) is 16.5. The highest BCUT2D eigenvalue weighted by molar-refractivity contribution is 6.30. The molecule has 0 amide bonds. The van der Waals surface area contributed by atoms with E-state index in [4.69, 9.17) is 31.3 Å². The Morgan fingerprint density at radius 3 is 2.21 bits per heavy atom. The maximum absolute atomic E-state index is 6.06. The minimum absolute atomic E-state index is 0.613. The van der Waals surface area contributed by atoms with Crippen LogP contribution in [0.2, 0.25) is 5.02 Å². The van der Waals surface area contributed by atoms with Crippen LogP contribution < -0.4 is 4.74 Å². The lowest BCUT2D eigenvalue weighted by Crippen LogP contribution is -2.03. The zero-order valence-electron chi connectivity index (χ0n) is 15.7. The minimum atomic E-state index is 0.613. The number of imidazole rings is 1. The molecule has 0 fully saturated rings. The van der Waals surface area contributed by atoms with E-state index in [2.05, 4.69) is 4.57 Å². The van der Waals surface area contributed by atoms with Crippen LogP contribution >= 0.6 is 11.6 Å². The first-order valence-electron chi connectivity index (χ1n) is 9.23. The molecular formula is C23H17ClN4O. The molecule has 29 heavy (non-hydrogen) atoms. The highest BCUT2D eigenvalue weighted by Crippen LogP contribution is 2.27. The van der Waals surface area contributed by atoms with Crippen molar-refractivity contribution in [2.45, 2.75) is 6.54 Å². The van der Waals surface area contributed by atoms with Crippen LogP contribution in [0.4, 0.5) is 0 Å². The smallest absolute Gasteiger partial charge is 0.198 e. The van der Waals surface area contributed by atoms with Crippen LogP contribution in [0.3, 0.4) is 0 Å². The number of fused-ring (bicyclic) bond motifs is 2. The SMILES string of the molecule is COc1ccc(-c2nc3nc4ccccc4nc3n2Cc2ccc(Cl)cc2)cc1. The van der Waals surface area contributed by atoms with Gasteiger partial charge in [0.25, 0.3) is 0 Å². The first kappa shape index (κ1) is 17.6. The molecule has 5 nitrogen and oxygen atoms in total. The quantitative estimate of drug-likeness (QED) is 0.407. The fourth-order valence-corrected chi connectivity index (χ4v) is 3.51. The normalized spacial score (nSPS) is 11.2. The number of ether oxygens (including phenoxy) is 1. The summed E-state index contributed by atoms with van der Waals surface area (Å²) in [5.41, 5.74) is 5.14. The fraction of sp³-hybridized carbons (Fsp3) is 0.0870. The van der Waals surface area contributed by atoms with Crippen LogP contribution in [0.1, 0.15) is 5.56 Å². The molecule has 0 bridgehead atoms. The molecule has 6 heteroatoms. The minimum Gasteiger partial charge on any atom is -0.497 e. The molecule has 0 radical (unpaired) electrons. The van der Waals surface area contributed by atoms with Gasteiger partial charge < -0.3 is 9.30 Å². The second-order valence-electron chi connectivity index (χ2n) is 6.74. The lowest BCUT2D eigenvalue weighted by molar-refractivity contribution is 0.415. The first-order chi connectivity index (χ1) is 14.2. The number of benzene rings is 3. The van der Waals surface area contributed by atoms with Gasteiger partial charge in [0.2, 0.25) is 0 Å². The van der Waals surface area contributed by atoms with Crippen molar-refractivity contribution in [3.8, 4) is 17.1 Å². The molecule has 3 aromatic carbocycles. The van der Waals surface area contributed by atoms with E-state index < -0.39 is 0 Å². The molecule has 0 atom stereocenters. The number of methoxy groups -OCH3 is 1. The van der Waals surface area contributed by atoms with Crippen molar-refractivity contribution in [3.63, 3.8) is 0 Å². The van der Waals surface area contributed by atoms with Gasteiger partial charge in [0.15, 0.2) is 11.3 Å². The molecule has 0 unspecified atom stereocenters. The van der Waals surface area contributed by atoms with Crippen molar-refractivity contribution >= 4 is 33.9 Å². The Morgan fingerprint density at radius 2 is 1.52 bits per heavy atom. The van der Waals surface area contributed by atoms with E-state index in [1.54, 1.807) is 7.11 Å². The number of hydrogen-bond acceptors (Lipinski definition) is 4. The van der Waals surface area contributed by atoms with Crippen LogP contribution in [0.5, 0.6) is 5.75 Å². The Morgan fingerprint density at radius 1 is 0.828 bits per heavy atom. The number of hydrogen-bond donors (Lipinski definition) is 0. The lowest BCUT2D eigenvalue weighted by Gasteiger charge is -2.10. The van der Waals surface area contributed by atoms with Gasteiger partial charge >= 0.3 is 0 Å². The van der Waals surface area contributed by atoms with Gasteiger partial charge in [-0.2, -0.15) is 0 Å². The summed E-state index contributed by atoms with van der Waals surface area (Å²) in [7, 11) is 1.66. The van der Waals surface area contributed by atoms with Gasteiger partial charge in [-0.1, -0.05) is 35.9 Å². The molecule has 2 aromatic heterocycles. The van der Waals surface area contributed by atoms with Gasteiger partial charge in [0, 0.05) is 10.6 Å². The second kappa shape index (κ2) is 7.18. The van der Waals surface area contributed by atoms with Crippen molar-refractivity contribution in [3.05, 3.63) is 83.4 Å². The van der Waals surface area contributed by atoms with Gasteiger partial charge in [-0.05, 0) is 54.1 Å². The van der Waals surface area contributed by atoms with E-state index in [1.165, 1.54) is 0 Å². The lowest BCUT2D eigenvalue weighted by atomic mass is 10.2. The topological polar surface area (TPSA) is 52.8 Å². The van der Waals surface area contributed by atoms with Crippen molar-refractivity contribution in [1.29, 1.82) is 0 Å². The second-order valence-corrected chi connectivity index (χ2v) is 7.17. The summed E-state index contributed by atoms with van der Waals surface area (Å²) in [5, 5.41) is 0.713.